The Bertz CT molecular complexity index is 684. The summed E-state index contributed by atoms with van der Waals surface area (Å²) in [4.78, 5) is 23.8. The van der Waals surface area contributed by atoms with Crippen LogP contribution in [0.25, 0.3) is 0 Å². The summed E-state index contributed by atoms with van der Waals surface area (Å²) in [6.07, 6.45) is 1.68. The molecule has 5 nitrogen and oxygen atoms in total. The number of benzene rings is 1. The molecule has 0 fully saturated rings. The molecule has 1 aliphatic heterocycles. The molecule has 0 saturated carbocycles. The van der Waals surface area contributed by atoms with Gasteiger partial charge in [-0.1, -0.05) is 18.2 Å². The molecule has 0 aliphatic carbocycles. The Morgan fingerprint density at radius 2 is 2.14 bits per heavy atom. The second-order valence-corrected chi connectivity index (χ2v) is 6.10. The van der Waals surface area contributed by atoms with Crippen molar-refractivity contribution in [3.63, 3.8) is 0 Å². The van der Waals surface area contributed by atoms with Crippen LogP contribution in [-0.2, 0) is 6.42 Å². The third-order valence-corrected chi connectivity index (χ3v) is 4.55. The molecule has 0 bridgehead atoms. The van der Waals surface area contributed by atoms with Gasteiger partial charge in [-0.2, -0.15) is 0 Å². The lowest BCUT2D eigenvalue weighted by molar-refractivity contribution is 0.0925. The quantitative estimate of drug-likeness (QED) is 0.908. The Morgan fingerprint density at radius 1 is 1.32 bits per heavy atom. The Labute approximate surface area is 132 Å². The van der Waals surface area contributed by atoms with Gasteiger partial charge >= 0.3 is 0 Å². The molecule has 1 unspecified atom stereocenters. The zero-order chi connectivity index (χ0) is 15.5. The van der Waals surface area contributed by atoms with E-state index in [9.17, 15) is 9.59 Å². The van der Waals surface area contributed by atoms with Gasteiger partial charge in [0.15, 0.2) is 0 Å². The molecular formula is C16H16N2O3S. The van der Waals surface area contributed by atoms with E-state index in [0.29, 0.717) is 17.0 Å². The van der Waals surface area contributed by atoms with Gasteiger partial charge in [0.05, 0.1) is 16.5 Å². The maximum Gasteiger partial charge on any atom is 0.261 e. The van der Waals surface area contributed by atoms with Crippen LogP contribution in [0.15, 0.2) is 35.7 Å². The summed E-state index contributed by atoms with van der Waals surface area (Å²) in [5, 5.41) is 4.55. The standard InChI is InChI=1S/C16H16N2O3S/c17-15(19)11-7-14(22-9-11)16(20)18-12-6-5-10-3-1-2-4-13(10)21-8-12/h1-4,7,9,12H,5-6,8H2,(H2,17,19)(H,18,20). The summed E-state index contributed by atoms with van der Waals surface area (Å²) in [6.45, 7) is 0.441. The molecule has 6 heteroatoms. The number of aryl methyl sites for hydroxylation is 1. The van der Waals surface area contributed by atoms with E-state index in [1.165, 1.54) is 17.4 Å². The molecule has 2 amide bonds. The number of hydrogen-bond donors (Lipinski definition) is 2. The third kappa shape index (κ3) is 3.12. The van der Waals surface area contributed by atoms with Crippen molar-refractivity contribution in [2.24, 2.45) is 5.73 Å². The summed E-state index contributed by atoms with van der Waals surface area (Å²) in [5.74, 6) is 0.159. The van der Waals surface area contributed by atoms with E-state index < -0.39 is 5.91 Å². The van der Waals surface area contributed by atoms with E-state index in [0.717, 1.165) is 24.2 Å². The average Bonchev–Trinajstić information content (AvgIpc) is 2.93. The minimum atomic E-state index is -0.524. The van der Waals surface area contributed by atoms with Crippen LogP contribution in [0.5, 0.6) is 5.75 Å². The molecule has 22 heavy (non-hydrogen) atoms. The number of thiophene rings is 1. The Balaban J connectivity index is 1.64. The van der Waals surface area contributed by atoms with Gasteiger partial charge in [-0.3, -0.25) is 9.59 Å². The van der Waals surface area contributed by atoms with Crippen molar-refractivity contribution in [2.75, 3.05) is 6.61 Å². The van der Waals surface area contributed by atoms with E-state index >= 15 is 0 Å². The van der Waals surface area contributed by atoms with Crippen molar-refractivity contribution in [1.29, 1.82) is 0 Å². The molecule has 0 radical (unpaired) electrons. The van der Waals surface area contributed by atoms with Crippen LogP contribution in [-0.4, -0.2) is 24.5 Å². The number of amides is 2. The topological polar surface area (TPSA) is 81.4 Å². The number of carbonyl (C=O) groups excluding carboxylic acids is 2. The number of nitrogens with two attached hydrogens (primary N) is 1. The predicted molar refractivity (Wildman–Crippen MR) is 84.3 cm³/mol. The predicted octanol–water partition coefficient (Wildman–Crippen LogP) is 1.97. The van der Waals surface area contributed by atoms with Crippen LogP contribution in [0.1, 0.15) is 32.0 Å². The second kappa shape index (κ2) is 6.19. The van der Waals surface area contributed by atoms with Crippen LogP contribution >= 0.6 is 11.3 Å². The first-order chi connectivity index (χ1) is 10.6. The minimum absolute atomic E-state index is 0.0565. The molecule has 3 rings (SSSR count). The third-order valence-electron chi connectivity index (χ3n) is 3.62. The van der Waals surface area contributed by atoms with Crippen molar-refractivity contribution >= 4 is 23.2 Å². The number of carbonyl (C=O) groups is 2. The number of fused-ring (bicyclic) bond motifs is 1. The highest BCUT2D eigenvalue weighted by Gasteiger charge is 2.20. The van der Waals surface area contributed by atoms with Crippen LogP contribution in [0.3, 0.4) is 0 Å². The fraction of sp³-hybridized carbons (Fsp3) is 0.250. The Hall–Kier alpha value is -2.34. The first-order valence-electron chi connectivity index (χ1n) is 7.03. The molecule has 1 aromatic carbocycles. The van der Waals surface area contributed by atoms with Crippen molar-refractivity contribution in [3.8, 4) is 5.75 Å². The highest BCUT2D eigenvalue weighted by molar-refractivity contribution is 7.12. The first kappa shape index (κ1) is 14.6. The van der Waals surface area contributed by atoms with Gasteiger partial charge < -0.3 is 15.8 Å². The molecule has 0 saturated heterocycles. The summed E-state index contributed by atoms with van der Waals surface area (Å²) < 4.78 is 5.76. The molecule has 1 atom stereocenters. The van der Waals surface area contributed by atoms with Gasteiger partial charge in [-0.25, -0.2) is 0 Å². The Morgan fingerprint density at radius 3 is 2.91 bits per heavy atom. The van der Waals surface area contributed by atoms with Gasteiger partial charge in [-0.05, 0) is 30.5 Å². The zero-order valence-electron chi connectivity index (χ0n) is 11.9. The molecule has 3 N–H and O–H groups in total. The molecule has 114 valence electrons. The summed E-state index contributed by atoms with van der Waals surface area (Å²) in [7, 11) is 0. The van der Waals surface area contributed by atoms with Gasteiger partial charge in [-0.15, -0.1) is 11.3 Å². The molecular weight excluding hydrogens is 300 g/mol. The van der Waals surface area contributed by atoms with Crippen LogP contribution in [0, 0.1) is 0 Å². The van der Waals surface area contributed by atoms with Gasteiger partial charge in [0.1, 0.15) is 12.4 Å². The van der Waals surface area contributed by atoms with Crippen molar-refractivity contribution < 1.29 is 14.3 Å². The lowest BCUT2D eigenvalue weighted by Gasteiger charge is -2.15. The van der Waals surface area contributed by atoms with Gasteiger partial charge in [0, 0.05) is 5.38 Å². The number of rotatable bonds is 3. The van der Waals surface area contributed by atoms with Gasteiger partial charge in [0.2, 0.25) is 5.91 Å². The lowest BCUT2D eigenvalue weighted by Crippen LogP contribution is -2.38. The monoisotopic (exact) mass is 316 g/mol. The highest BCUT2D eigenvalue weighted by Crippen LogP contribution is 2.23. The highest BCUT2D eigenvalue weighted by atomic mass is 32.1. The smallest absolute Gasteiger partial charge is 0.261 e. The SMILES string of the molecule is NC(=O)c1csc(C(=O)NC2CCc3ccccc3OC2)c1. The Kier molecular flexibility index (Phi) is 4.11. The molecule has 2 aromatic rings. The van der Waals surface area contributed by atoms with Crippen LogP contribution in [0.2, 0.25) is 0 Å². The van der Waals surface area contributed by atoms with E-state index in [1.54, 1.807) is 5.38 Å². The first-order valence-corrected chi connectivity index (χ1v) is 7.91. The van der Waals surface area contributed by atoms with E-state index in [-0.39, 0.29) is 11.9 Å². The number of hydrogen-bond acceptors (Lipinski definition) is 4. The summed E-state index contributed by atoms with van der Waals surface area (Å²) in [6, 6.07) is 9.37. The number of para-hydroxylation sites is 1. The van der Waals surface area contributed by atoms with E-state index in [1.807, 2.05) is 24.3 Å². The molecule has 2 heterocycles. The maximum absolute atomic E-state index is 12.2. The fourth-order valence-electron chi connectivity index (χ4n) is 2.41. The minimum Gasteiger partial charge on any atom is -0.491 e. The summed E-state index contributed by atoms with van der Waals surface area (Å²) >= 11 is 1.21. The van der Waals surface area contributed by atoms with E-state index in [4.69, 9.17) is 10.5 Å². The van der Waals surface area contributed by atoms with E-state index in [2.05, 4.69) is 5.32 Å². The lowest BCUT2D eigenvalue weighted by atomic mass is 10.1. The molecule has 1 aromatic heterocycles. The second-order valence-electron chi connectivity index (χ2n) is 5.19. The maximum atomic E-state index is 12.2. The number of nitrogens with one attached hydrogen (secondary N) is 1. The molecule has 0 spiro atoms. The zero-order valence-corrected chi connectivity index (χ0v) is 12.7. The number of primary amides is 1. The largest absolute Gasteiger partial charge is 0.491 e. The summed E-state index contributed by atoms with van der Waals surface area (Å²) in [5.41, 5.74) is 6.72. The van der Waals surface area contributed by atoms with Crippen LogP contribution in [0.4, 0.5) is 0 Å². The normalized spacial score (nSPS) is 17.0. The average molecular weight is 316 g/mol. The number of ether oxygens (including phenoxy) is 1. The van der Waals surface area contributed by atoms with Gasteiger partial charge in [0.25, 0.3) is 5.91 Å². The van der Waals surface area contributed by atoms with Crippen molar-refractivity contribution in [3.05, 3.63) is 51.7 Å². The van der Waals surface area contributed by atoms with Crippen LogP contribution < -0.4 is 15.8 Å². The van der Waals surface area contributed by atoms with Crippen molar-refractivity contribution in [1.82, 2.24) is 5.32 Å². The fourth-order valence-corrected chi connectivity index (χ4v) is 3.21. The molecule has 1 aliphatic rings. The van der Waals surface area contributed by atoms with Crippen molar-refractivity contribution in [2.45, 2.75) is 18.9 Å².